The van der Waals surface area contributed by atoms with Crippen LogP contribution in [-0.4, -0.2) is 54.0 Å². The molecule has 144 valence electrons. The van der Waals surface area contributed by atoms with E-state index in [4.69, 9.17) is 0 Å². The van der Waals surface area contributed by atoms with Crippen molar-refractivity contribution in [3.8, 4) is 5.75 Å². The van der Waals surface area contributed by atoms with Crippen LogP contribution in [0.5, 0.6) is 5.75 Å². The van der Waals surface area contributed by atoms with Gasteiger partial charge in [0.05, 0.1) is 10.6 Å². The molecule has 1 saturated heterocycles. The first-order chi connectivity index (χ1) is 13.0. The van der Waals surface area contributed by atoms with Crippen molar-refractivity contribution in [3.05, 3.63) is 46.7 Å². The number of thiophene rings is 1. The summed E-state index contributed by atoms with van der Waals surface area (Å²) >= 11 is 1.36. The number of carbonyl (C=O) groups is 2. The van der Waals surface area contributed by atoms with E-state index in [1.54, 1.807) is 23.1 Å². The molecule has 3 rings (SSSR count). The van der Waals surface area contributed by atoms with Gasteiger partial charge in [-0.1, -0.05) is 32.0 Å². The van der Waals surface area contributed by atoms with Gasteiger partial charge in [0.1, 0.15) is 11.8 Å². The predicted molar refractivity (Wildman–Crippen MR) is 107 cm³/mol. The van der Waals surface area contributed by atoms with Crippen molar-refractivity contribution >= 4 is 28.8 Å². The van der Waals surface area contributed by atoms with Crippen LogP contribution >= 0.6 is 11.3 Å². The third-order valence-corrected chi connectivity index (χ3v) is 5.65. The van der Waals surface area contributed by atoms with Gasteiger partial charge in [-0.3, -0.25) is 9.59 Å². The van der Waals surface area contributed by atoms with Crippen molar-refractivity contribution < 1.29 is 14.7 Å². The van der Waals surface area contributed by atoms with Crippen molar-refractivity contribution in [1.29, 1.82) is 0 Å². The predicted octanol–water partition coefficient (Wildman–Crippen LogP) is 2.56. The Morgan fingerprint density at radius 2 is 1.78 bits per heavy atom. The van der Waals surface area contributed by atoms with E-state index in [2.05, 4.69) is 10.2 Å². The molecule has 1 aliphatic rings. The van der Waals surface area contributed by atoms with Crippen molar-refractivity contribution in [2.45, 2.75) is 19.9 Å². The number of carbonyl (C=O) groups excluding carboxylic acids is 2. The van der Waals surface area contributed by atoms with Gasteiger partial charge in [0.25, 0.3) is 5.91 Å². The molecule has 0 unspecified atom stereocenters. The third-order valence-electron chi connectivity index (χ3n) is 4.78. The summed E-state index contributed by atoms with van der Waals surface area (Å²) in [5, 5.41) is 14.8. The molecule has 1 atom stereocenters. The normalized spacial score (nSPS) is 15.7. The lowest BCUT2D eigenvalue weighted by Gasteiger charge is -2.38. The molecule has 0 bridgehead atoms. The minimum absolute atomic E-state index is 0.00221. The second-order valence-electron chi connectivity index (χ2n) is 6.97. The van der Waals surface area contributed by atoms with Gasteiger partial charge in [0.15, 0.2) is 0 Å². The van der Waals surface area contributed by atoms with Crippen LogP contribution in [-0.2, 0) is 4.79 Å². The summed E-state index contributed by atoms with van der Waals surface area (Å²) in [5.74, 6) is -0.00473. The number of hydrogen-bond donors (Lipinski definition) is 2. The summed E-state index contributed by atoms with van der Waals surface area (Å²) in [6.07, 6.45) is 0. The lowest BCUT2D eigenvalue weighted by molar-refractivity contribution is -0.134. The molecule has 1 aliphatic heterocycles. The highest BCUT2D eigenvalue weighted by atomic mass is 32.1. The minimum Gasteiger partial charge on any atom is -0.506 e. The highest BCUT2D eigenvalue weighted by Crippen LogP contribution is 2.27. The molecular weight excluding hydrogens is 362 g/mol. The fourth-order valence-corrected chi connectivity index (χ4v) is 3.86. The average molecular weight is 388 g/mol. The Labute approximate surface area is 163 Å². The molecule has 0 aliphatic carbocycles. The van der Waals surface area contributed by atoms with E-state index in [0.29, 0.717) is 31.1 Å². The molecule has 2 aromatic rings. The molecule has 1 aromatic carbocycles. The first-order valence-electron chi connectivity index (χ1n) is 9.13. The molecule has 0 radical (unpaired) electrons. The average Bonchev–Trinajstić information content (AvgIpc) is 3.21. The second-order valence-corrected chi connectivity index (χ2v) is 7.92. The molecule has 27 heavy (non-hydrogen) atoms. The Kier molecular flexibility index (Phi) is 6.01. The molecule has 0 spiro atoms. The lowest BCUT2D eigenvalue weighted by atomic mass is 10.0. The maximum absolute atomic E-state index is 13.0. The molecule has 1 fully saturated rings. The van der Waals surface area contributed by atoms with Gasteiger partial charge >= 0.3 is 0 Å². The second kappa shape index (κ2) is 8.43. The molecule has 1 aromatic heterocycles. The van der Waals surface area contributed by atoms with Gasteiger partial charge < -0.3 is 20.2 Å². The quantitative estimate of drug-likeness (QED) is 0.827. The molecule has 2 amide bonds. The van der Waals surface area contributed by atoms with Gasteiger partial charge in [0.2, 0.25) is 5.91 Å². The largest absolute Gasteiger partial charge is 0.506 e. The Morgan fingerprint density at radius 1 is 1.07 bits per heavy atom. The Morgan fingerprint density at radius 3 is 2.37 bits per heavy atom. The SMILES string of the molecule is CC(C)[C@H](NC(=O)c1cccs1)C(=O)N1CCN(c2ccccc2O)CC1. The highest BCUT2D eigenvalue weighted by molar-refractivity contribution is 7.12. The number of nitrogens with zero attached hydrogens (tertiary/aromatic N) is 2. The number of piperazine rings is 1. The summed E-state index contributed by atoms with van der Waals surface area (Å²) in [7, 11) is 0. The first kappa shape index (κ1) is 19.2. The fraction of sp³-hybridized carbons (Fsp3) is 0.400. The number of rotatable bonds is 5. The number of nitrogens with one attached hydrogen (secondary N) is 1. The number of anilines is 1. The summed E-state index contributed by atoms with van der Waals surface area (Å²) in [6.45, 7) is 6.29. The third kappa shape index (κ3) is 4.42. The van der Waals surface area contributed by atoms with Gasteiger partial charge in [-0.25, -0.2) is 0 Å². The van der Waals surface area contributed by atoms with E-state index >= 15 is 0 Å². The van der Waals surface area contributed by atoms with Gasteiger partial charge in [-0.2, -0.15) is 0 Å². The van der Waals surface area contributed by atoms with E-state index in [1.807, 2.05) is 37.4 Å². The first-order valence-corrected chi connectivity index (χ1v) is 10.0. The number of para-hydroxylation sites is 2. The van der Waals surface area contributed by atoms with Crippen molar-refractivity contribution in [3.63, 3.8) is 0 Å². The number of benzene rings is 1. The minimum atomic E-state index is -0.545. The van der Waals surface area contributed by atoms with Crippen LogP contribution < -0.4 is 10.2 Å². The van der Waals surface area contributed by atoms with Crippen LogP contribution in [0.3, 0.4) is 0 Å². The van der Waals surface area contributed by atoms with Crippen LogP contribution in [0.2, 0.25) is 0 Å². The van der Waals surface area contributed by atoms with E-state index in [-0.39, 0.29) is 23.5 Å². The molecule has 2 heterocycles. The van der Waals surface area contributed by atoms with Crippen LogP contribution in [0, 0.1) is 5.92 Å². The zero-order valence-corrected chi connectivity index (χ0v) is 16.4. The van der Waals surface area contributed by atoms with Crippen LogP contribution in [0.25, 0.3) is 0 Å². The van der Waals surface area contributed by atoms with E-state index in [1.165, 1.54) is 11.3 Å². The van der Waals surface area contributed by atoms with E-state index < -0.39 is 6.04 Å². The zero-order valence-electron chi connectivity index (χ0n) is 15.6. The molecule has 7 heteroatoms. The summed E-state index contributed by atoms with van der Waals surface area (Å²) < 4.78 is 0. The lowest BCUT2D eigenvalue weighted by Crippen LogP contribution is -2.56. The number of phenolic OH excluding ortho intramolecular Hbond substituents is 1. The monoisotopic (exact) mass is 387 g/mol. The smallest absolute Gasteiger partial charge is 0.262 e. The molecule has 0 saturated carbocycles. The maximum atomic E-state index is 13.0. The van der Waals surface area contributed by atoms with Gasteiger partial charge in [-0.15, -0.1) is 11.3 Å². The van der Waals surface area contributed by atoms with Crippen molar-refractivity contribution in [2.75, 3.05) is 31.1 Å². The number of amides is 2. The number of hydrogen-bond acceptors (Lipinski definition) is 5. The molecule has 6 nitrogen and oxygen atoms in total. The Hall–Kier alpha value is -2.54. The van der Waals surface area contributed by atoms with Crippen LogP contribution in [0.15, 0.2) is 41.8 Å². The number of phenols is 1. The summed E-state index contributed by atoms with van der Waals surface area (Å²) in [5.41, 5.74) is 0.788. The van der Waals surface area contributed by atoms with Crippen LogP contribution in [0.1, 0.15) is 23.5 Å². The maximum Gasteiger partial charge on any atom is 0.262 e. The molecule has 2 N–H and O–H groups in total. The molecular formula is C20H25N3O3S. The van der Waals surface area contributed by atoms with Crippen molar-refractivity contribution in [2.24, 2.45) is 5.92 Å². The Bertz CT molecular complexity index is 784. The number of aromatic hydroxyl groups is 1. The zero-order chi connectivity index (χ0) is 19.4. The summed E-state index contributed by atoms with van der Waals surface area (Å²) in [6, 6.07) is 10.3. The van der Waals surface area contributed by atoms with E-state index in [0.717, 1.165) is 5.69 Å². The topological polar surface area (TPSA) is 72.9 Å². The Balaban J connectivity index is 1.62. The highest BCUT2D eigenvalue weighted by Gasteiger charge is 2.31. The van der Waals surface area contributed by atoms with E-state index in [9.17, 15) is 14.7 Å². The van der Waals surface area contributed by atoms with Gasteiger partial charge in [-0.05, 0) is 29.5 Å². The standard InChI is InChI=1S/C20H25N3O3S/c1-14(2)18(21-19(25)17-8-5-13-27-17)20(26)23-11-9-22(10-12-23)15-6-3-4-7-16(15)24/h3-8,13-14,18,24H,9-12H2,1-2H3,(H,21,25)/t18-/m0/s1. The van der Waals surface area contributed by atoms with Crippen molar-refractivity contribution in [1.82, 2.24) is 10.2 Å². The fourth-order valence-electron chi connectivity index (χ4n) is 3.23. The summed E-state index contributed by atoms with van der Waals surface area (Å²) in [4.78, 5) is 29.9. The van der Waals surface area contributed by atoms with Gasteiger partial charge in [0, 0.05) is 26.2 Å². The van der Waals surface area contributed by atoms with Crippen LogP contribution in [0.4, 0.5) is 5.69 Å².